The van der Waals surface area contributed by atoms with Gasteiger partial charge in [-0.2, -0.15) is 10.2 Å². The van der Waals surface area contributed by atoms with Crippen molar-refractivity contribution in [2.75, 3.05) is 0 Å². The highest BCUT2D eigenvalue weighted by atomic mass is 16.1. The molecule has 0 spiro atoms. The van der Waals surface area contributed by atoms with E-state index in [9.17, 15) is 4.79 Å². The van der Waals surface area contributed by atoms with Gasteiger partial charge in [0.1, 0.15) is 5.52 Å². The lowest BCUT2D eigenvalue weighted by molar-refractivity contribution is 0.612. The molecule has 102 valence electrons. The van der Waals surface area contributed by atoms with E-state index in [1.807, 2.05) is 45.0 Å². The molecule has 0 unspecified atom stereocenters. The van der Waals surface area contributed by atoms with Gasteiger partial charge in [-0.3, -0.25) is 4.79 Å². The summed E-state index contributed by atoms with van der Waals surface area (Å²) in [5, 5.41) is 9.49. The van der Waals surface area contributed by atoms with E-state index < -0.39 is 0 Å². The van der Waals surface area contributed by atoms with Crippen molar-refractivity contribution in [3.05, 3.63) is 52.1 Å². The molecule has 2 aromatic heterocycles. The van der Waals surface area contributed by atoms with Gasteiger partial charge in [-0.15, -0.1) is 0 Å². The quantitative estimate of drug-likeness (QED) is 0.716. The van der Waals surface area contributed by atoms with Crippen LogP contribution in [0.2, 0.25) is 0 Å². The molecule has 0 aliphatic carbocycles. The first-order valence-corrected chi connectivity index (χ1v) is 6.65. The second-order valence-corrected chi connectivity index (χ2v) is 4.81. The van der Waals surface area contributed by atoms with Gasteiger partial charge < -0.3 is 0 Å². The number of nitrogens with zero attached hydrogens (tertiary/aromatic N) is 4. The van der Waals surface area contributed by atoms with Crippen LogP contribution in [0.3, 0.4) is 0 Å². The van der Waals surface area contributed by atoms with Crippen LogP contribution in [0.15, 0.2) is 35.3 Å². The standard InChI is InChI=1S/C15H16N4O/c1-4-18-15(20)14-12(11(3)17-18)9-16-19(14)13-8-6-5-7-10(13)2/h5-9H,4H2,1-3H3. The minimum absolute atomic E-state index is 0.103. The lowest BCUT2D eigenvalue weighted by Crippen LogP contribution is -2.24. The number of para-hydroxylation sites is 1. The first-order chi connectivity index (χ1) is 9.63. The number of aromatic nitrogens is 4. The highest BCUT2D eigenvalue weighted by Crippen LogP contribution is 2.19. The summed E-state index contributed by atoms with van der Waals surface area (Å²) in [5.41, 5.74) is 3.31. The maximum atomic E-state index is 12.5. The average Bonchev–Trinajstić information content (AvgIpc) is 2.88. The Balaban J connectivity index is 2.42. The van der Waals surface area contributed by atoms with Crippen molar-refractivity contribution in [2.45, 2.75) is 27.3 Å². The fourth-order valence-corrected chi connectivity index (χ4v) is 2.42. The Kier molecular flexibility index (Phi) is 2.89. The van der Waals surface area contributed by atoms with Crippen molar-refractivity contribution >= 4 is 10.9 Å². The molecule has 0 atom stereocenters. The van der Waals surface area contributed by atoms with E-state index in [0.717, 1.165) is 22.3 Å². The molecular formula is C15H16N4O. The lowest BCUT2D eigenvalue weighted by atomic mass is 10.2. The molecule has 0 aliphatic heterocycles. The van der Waals surface area contributed by atoms with Crippen LogP contribution in [0.4, 0.5) is 0 Å². The number of benzene rings is 1. The molecule has 0 aliphatic rings. The van der Waals surface area contributed by atoms with Crippen LogP contribution in [0, 0.1) is 13.8 Å². The predicted octanol–water partition coefficient (Wildman–Crippen LogP) is 2.22. The van der Waals surface area contributed by atoms with Gasteiger partial charge in [0, 0.05) is 11.9 Å². The largest absolute Gasteiger partial charge is 0.293 e. The summed E-state index contributed by atoms with van der Waals surface area (Å²) in [5.74, 6) is 0. The van der Waals surface area contributed by atoms with Gasteiger partial charge in [-0.05, 0) is 32.4 Å². The molecule has 0 radical (unpaired) electrons. The first kappa shape index (κ1) is 12.6. The monoisotopic (exact) mass is 268 g/mol. The number of hydrogen-bond donors (Lipinski definition) is 0. The van der Waals surface area contributed by atoms with Crippen molar-refractivity contribution in [1.29, 1.82) is 0 Å². The lowest BCUT2D eigenvalue weighted by Gasteiger charge is -2.08. The molecule has 5 nitrogen and oxygen atoms in total. The van der Waals surface area contributed by atoms with E-state index in [1.54, 1.807) is 10.9 Å². The van der Waals surface area contributed by atoms with E-state index in [0.29, 0.717) is 12.1 Å². The van der Waals surface area contributed by atoms with Crippen molar-refractivity contribution in [3.63, 3.8) is 0 Å². The number of fused-ring (bicyclic) bond motifs is 1. The van der Waals surface area contributed by atoms with Crippen molar-refractivity contribution in [3.8, 4) is 5.69 Å². The SMILES string of the molecule is CCn1nc(C)c2cnn(-c3ccccc3C)c2c1=O. The summed E-state index contributed by atoms with van der Waals surface area (Å²) >= 11 is 0. The van der Waals surface area contributed by atoms with Crippen molar-refractivity contribution in [2.24, 2.45) is 0 Å². The molecule has 20 heavy (non-hydrogen) atoms. The number of aryl methyl sites for hydroxylation is 3. The van der Waals surface area contributed by atoms with Crippen LogP contribution in [-0.2, 0) is 6.54 Å². The van der Waals surface area contributed by atoms with Crippen molar-refractivity contribution in [1.82, 2.24) is 19.6 Å². The molecule has 0 saturated heterocycles. The Labute approximate surface area is 116 Å². The maximum Gasteiger partial charge on any atom is 0.293 e. The molecule has 2 heterocycles. The topological polar surface area (TPSA) is 52.7 Å². The molecule has 0 N–H and O–H groups in total. The summed E-state index contributed by atoms with van der Waals surface area (Å²) < 4.78 is 3.20. The third-order valence-electron chi connectivity index (χ3n) is 3.51. The molecule has 5 heteroatoms. The normalized spacial score (nSPS) is 11.2. The molecular weight excluding hydrogens is 252 g/mol. The molecule has 0 saturated carbocycles. The Hall–Kier alpha value is -2.43. The number of hydrogen-bond acceptors (Lipinski definition) is 3. The van der Waals surface area contributed by atoms with Gasteiger partial charge in [-0.25, -0.2) is 9.36 Å². The summed E-state index contributed by atoms with van der Waals surface area (Å²) in [6.07, 6.45) is 1.71. The third kappa shape index (κ3) is 1.74. The third-order valence-corrected chi connectivity index (χ3v) is 3.51. The van der Waals surface area contributed by atoms with E-state index in [2.05, 4.69) is 10.2 Å². The molecule has 3 rings (SSSR count). The zero-order chi connectivity index (χ0) is 14.3. The molecule has 0 bridgehead atoms. The summed E-state index contributed by atoms with van der Waals surface area (Å²) in [6.45, 7) is 6.37. The number of rotatable bonds is 2. The summed E-state index contributed by atoms with van der Waals surface area (Å²) in [7, 11) is 0. The maximum absolute atomic E-state index is 12.5. The highest BCUT2D eigenvalue weighted by Gasteiger charge is 2.14. The first-order valence-electron chi connectivity index (χ1n) is 6.65. The van der Waals surface area contributed by atoms with Crippen LogP contribution in [-0.4, -0.2) is 19.6 Å². The smallest absolute Gasteiger partial charge is 0.265 e. The Morgan fingerprint density at radius 1 is 1.20 bits per heavy atom. The minimum Gasteiger partial charge on any atom is -0.265 e. The zero-order valence-corrected chi connectivity index (χ0v) is 11.8. The van der Waals surface area contributed by atoms with Gasteiger partial charge in [-0.1, -0.05) is 18.2 Å². The second kappa shape index (κ2) is 4.59. The van der Waals surface area contributed by atoms with Gasteiger partial charge in [0.25, 0.3) is 5.56 Å². The second-order valence-electron chi connectivity index (χ2n) is 4.81. The zero-order valence-electron chi connectivity index (χ0n) is 11.8. The van der Waals surface area contributed by atoms with Crippen LogP contribution in [0.25, 0.3) is 16.6 Å². The van der Waals surface area contributed by atoms with Crippen LogP contribution >= 0.6 is 0 Å². The van der Waals surface area contributed by atoms with Crippen LogP contribution in [0.5, 0.6) is 0 Å². The van der Waals surface area contributed by atoms with Gasteiger partial charge >= 0.3 is 0 Å². The predicted molar refractivity (Wildman–Crippen MR) is 78.3 cm³/mol. The molecule has 3 aromatic rings. The summed E-state index contributed by atoms with van der Waals surface area (Å²) in [4.78, 5) is 12.5. The van der Waals surface area contributed by atoms with E-state index in [1.165, 1.54) is 4.68 Å². The van der Waals surface area contributed by atoms with E-state index >= 15 is 0 Å². The minimum atomic E-state index is -0.103. The fraction of sp³-hybridized carbons (Fsp3) is 0.267. The van der Waals surface area contributed by atoms with E-state index in [4.69, 9.17) is 0 Å². The van der Waals surface area contributed by atoms with Gasteiger partial charge in [0.2, 0.25) is 0 Å². The van der Waals surface area contributed by atoms with Crippen LogP contribution < -0.4 is 5.56 Å². The highest BCUT2D eigenvalue weighted by molar-refractivity contribution is 5.81. The Morgan fingerprint density at radius 2 is 1.95 bits per heavy atom. The van der Waals surface area contributed by atoms with E-state index in [-0.39, 0.29) is 5.56 Å². The summed E-state index contributed by atoms with van der Waals surface area (Å²) in [6, 6.07) is 7.90. The Bertz CT molecular complexity index is 845. The van der Waals surface area contributed by atoms with Crippen LogP contribution in [0.1, 0.15) is 18.2 Å². The van der Waals surface area contributed by atoms with Gasteiger partial charge in [0.05, 0.1) is 17.6 Å². The fourth-order valence-electron chi connectivity index (χ4n) is 2.42. The van der Waals surface area contributed by atoms with Gasteiger partial charge in [0.15, 0.2) is 0 Å². The van der Waals surface area contributed by atoms with Crippen molar-refractivity contribution < 1.29 is 0 Å². The average molecular weight is 268 g/mol. The molecule has 1 aromatic carbocycles. The molecule has 0 amide bonds. The Morgan fingerprint density at radius 3 is 2.65 bits per heavy atom. The molecule has 0 fully saturated rings.